The molecule has 1 amide bonds. The van der Waals surface area contributed by atoms with Crippen LogP contribution in [0.4, 0.5) is 0 Å². The predicted octanol–water partition coefficient (Wildman–Crippen LogP) is 2.66. The second-order valence-corrected chi connectivity index (χ2v) is 5.41. The Morgan fingerprint density at radius 3 is 2.88 bits per heavy atom. The molecule has 0 aliphatic rings. The third-order valence-electron chi connectivity index (χ3n) is 3.65. The third-order valence-corrected chi connectivity index (χ3v) is 3.65. The van der Waals surface area contributed by atoms with Gasteiger partial charge in [-0.2, -0.15) is 10.4 Å². The van der Waals surface area contributed by atoms with Crippen molar-refractivity contribution in [2.24, 2.45) is 0 Å². The summed E-state index contributed by atoms with van der Waals surface area (Å²) in [6.45, 7) is 2.29. The zero-order valence-corrected chi connectivity index (χ0v) is 14.2. The minimum absolute atomic E-state index is 0.366. The zero-order valence-electron chi connectivity index (χ0n) is 14.2. The molecule has 3 aromatic rings. The van der Waals surface area contributed by atoms with E-state index in [4.69, 9.17) is 4.74 Å². The van der Waals surface area contributed by atoms with E-state index in [2.05, 4.69) is 21.5 Å². The van der Waals surface area contributed by atoms with Gasteiger partial charge in [0, 0.05) is 29.6 Å². The highest BCUT2D eigenvalue weighted by molar-refractivity contribution is 5.94. The number of rotatable bonds is 6. The van der Waals surface area contributed by atoms with Crippen LogP contribution in [0.5, 0.6) is 5.88 Å². The first-order chi connectivity index (χ1) is 12.7. The highest BCUT2D eigenvalue weighted by atomic mass is 16.5. The summed E-state index contributed by atoms with van der Waals surface area (Å²) in [5, 5.41) is 16.4. The summed E-state index contributed by atoms with van der Waals surface area (Å²) >= 11 is 0. The van der Waals surface area contributed by atoms with E-state index in [1.54, 1.807) is 29.2 Å². The molecule has 0 aliphatic heterocycles. The molecule has 0 aliphatic carbocycles. The number of benzene rings is 1. The number of nitrogens with one attached hydrogen (secondary N) is 1. The molecule has 1 N–H and O–H groups in total. The number of pyridine rings is 1. The molecule has 1 atom stereocenters. The summed E-state index contributed by atoms with van der Waals surface area (Å²) in [6.07, 6.45) is 4.79. The molecule has 0 saturated carbocycles. The van der Waals surface area contributed by atoms with Crippen molar-refractivity contribution in [3.63, 3.8) is 0 Å². The van der Waals surface area contributed by atoms with Crippen LogP contribution < -0.4 is 10.1 Å². The van der Waals surface area contributed by atoms with Crippen molar-refractivity contribution >= 4 is 5.91 Å². The summed E-state index contributed by atoms with van der Waals surface area (Å²) < 4.78 is 6.95. The summed E-state index contributed by atoms with van der Waals surface area (Å²) in [5.74, 6) is -0.0158. The fourth-order valence-electron chi connectivity index (χ4n) is 2.39. The van der Waals surface area contributed by atoms with Gasteiger partial charge in [-0.1, -0.05) is 18.2 Å². The van der Waals surface area contributed by atoms with Crippen LogP contribution in [0.15, 0.2) is 61.1 Å². The minimum atomic E-state index is -0.816. The number of nitrogens with zero attached hydrogens (tertiary/aromatic N) is 4. The molecule has 0 unspecified atom stereocenters. The fourth-order valence-corrected chi connectivity index (χ4v) is 2.39. The van der Waals surface area contributed by atoms with Crippen molar-refractivity contribution in [1.82, 2.24) is 20.1 Å². The summed E-state index contributed by atoms with van der Waals surface area (Å²) in [5.41, 5.74) is 1.85. The number of nitriles is 1. The van der Waals surface area contributed by atoms with Crippen molar-refractivity contribution in [2.75, 3.05) is 6.61 Å². The van der Waals surface area contributed by atoms with Crippen LogP contribution in [0.2, 0.25) is 0 Å². The maximum Gasteiger partial charge on any atom is 0.252 e. The second-order valence-electron chi connectivity index (χ2n) is 5.41. The molecule has 1 aromatic carbocycles. The molecule has 0 bridgehead atoms. The van der Waals surface area contributed by atoms with Crippen LogP contribution in [0.3, 0.4) is 0 Å². The van der Waals surface area contributed by atoms with Crippen LogP contribution >= 0.6 is 0 Å². The van der Waals surface area contributed by atoms with Crippen molar-refractivity contribution in [3.05, 3.63) is 72.2 Å². The SMILES string of the molecule is CCOc1cc(C(=O)N[C@@H](C#N)c2cnn(-c3ccccc3)c2)ccn1. The summed E-state index contributed by atoms with van der Waals surface area (Å²) in [7, 11) is 0. The molecule has 0 fully saturated rings. The van der Waals surface area contributed by atoms with E-state index < -0.39 is 6.04 Å². The first-order valence-corrected chi connectivity index (χ1v) is 8.10. The van der Waals surface area contributed by atoms with E-state index >= 15 is 0 Å². The predicted molar refractivity (Wildman–Crippen MR) is 94.8 cm³/mol. The van der Waals surface area contributed by atoms with E-state index in [0.29, 0.717) is 23.6 Å². The lowest BCUT2D eigenvalue weighted by Crippen LogP contribution is -2.27. The van der Waals surface area contributed by atoms with E-state index in [1.807, 2.05) is 37.3 Å². The Labute approximate surface area is 150 Å². The van der Waals surface area contributed by atoms with E-state index in [1.165, 1.54) is 6.20 Å². The monoisotopic (exact) mass is 347 g/mol. The molecule has 0 spiro atoms. The lowest BCUT2D eigenvalue weighted by Gasteiger charge is -2.10. The molecule has 7 nitrogen and oxygen atoms in total. The lowest BCUT2D eigenvalue weighted by molar-refractivity contribution is 0.0944. The van der Waals surface area contributed by atoms with Crippen LogP contribution in [0.25, 0.3) is 5.69 Å². The fraction of sp³-hybridized carbons (Fsp3) is 0.158. The van der Waals surface area contributed by atoms with Gasteiger partial charge in [-0.05, 0) is 25.1 Å². The normalized spacial score (nSPS) is 11.4. The van der Waals surface area contributed by atoms with E-state index in [0.717, 1.165) is 5.69 Å². The Bertz CT molecular complexity index is 930. The van der Waals surface area contributed by atoms with Gasteiger partial charge in [-0.3, -0.25) is 4.79 Å². The molecule has 0 radical (unpaired) electrons. The maximum absolute atomic E-state index is 12.4. The number of aromatic nitrogens is 3. The number of para-hydroxylation sites is 1. The second kappa shape index (κ2) is 7.94. The minimum Gasteiger partial charge on any atom is -0.478 e. The molecule has 2 heterocycles. The molecule has 3 rings (SSSR count). The zero-order chi connectivity index (χ0) is 18.4. The Morgan fingerprint density at radius 2 is 2.15 bits per heavy atom. The number of amides is 1. The molecule has 2 aromatic heterocycles. The van der Waals surface area contributed by atoms with E-state index in [9.17, 15) is 10.1 Å². The molecule has 26 heavy (non-hydrogen) atoms. The summed E-state index contributed by atoms with van der Waals surface area (Å²) in [4.78, 5) is 16.5. The number of carbonyl (C=O) groups is 1. The average molecular weight is 347 g/mol. The van der Waals surface area contributed by atoms with Crippen molar-refractivity contribution in [2.45, 2.75) is 13.0 Å². The highest BCUT2D eigenvalue weighted by Gasteiger charge is 2.18. The van der Waals surface area contributed by atoms with Gasteiger partial charge in [-0.25, -0.2) is 9.67 Å². The maximum atomic E-state index is 12.4. The van der Waals surface area contributed by atoms with Gasteiger partial charge in [0.25, 0.3) is 5.91 Å². The van der Waals surface area contributed by atoms with Gasteiger partial charge in [0.05, 0.1) is 24.6 Å². The largest absolute Gasteiger partial charge is 0.478 e. The van der Waals surface area contributed by atoms with Crippen molar-refractivity contribution < 1.29 is 9.53 Å². The van der Waals surface area contributed by atoms with Gasteiger partial charge in [0.15, 0.2) is 0 Å². The first-order valence-electron chi connectivity index (χ1n) is 8.10. The Morgan fingerprint density at radius 1 is 1.35 bits per heavy atom. The van der Waals surface area contributed by atoms with Crippen molar-refractivity contribution in [3.8, 4) is 17.6 Å². The molecule has 0 saturated heterocycles. The van der Waals surface area contributed by atoms with Gasteiger partial charge < -0.3 is 10.1 Å². The number of carbonyl (C=O) groups excluding carboxylic acids is 1. The molecule has 130 valence electrons. The van der Waals surface area contributed by atoms with Crippen LogP contribution in [-0.4, -0.2) is 27.3 Å². The van der Waals surface area contributed by atoms with Crippen molar-refractivity contribution in [1.29, 1.82) is 5.26 Å². The van der Waals surface area contributed by atoms with Crippen LogP contribution in [0, 0.1) is 11.3 Å². The number of hydrogen-bond donors (Lipinski definition) is 1. The molecular weight excluding hydrogens is 330 g/mol. The van der Waals surface area contributed by atoms with Gasteiger partial charge >= 0.3 is 0 Å². The van der Waals surface area contributed by atoms with Crippen LogP contribution in [-0.2, 0) is 0 Å². The number of ether oxygens (including phenoxy) is 1. The van der Waals surface area contributed by atoms with Gasteiger partial charge in [-0.15, -0.1) is 0 Å². The van der Waals surface area contributed by atoms with Crippen LogP contribution in [0.1, 0.15) is 28.9 Å². The Hall–Kier alpha value is -3.66. The number of hydrogen-bond acceptors (Lipinski definition) is 5. The Balaban J connectivity index is 1.76. The molecular formula is C19H17N5O2. The topological polar surface area (TPSA) is 92.8 Å². The summed E-state index contributed by atoms with van der Waals surface area (Å²) in [6, 6.07) is 13.9. The average Bonchev–Trinajstić information content (AvgIpc) is 3.17. The van der Waals surface area contributed by atoms with Gasteiger partial charge in [0.2, 0.25) is 5.88 Å². The highest BCUT2D eigenvalue weighted by Crippen LogP contribution is 2.16. The quantitative estimate of drug-likeness (QED) is 0.740. The first kappa shape index (κ1) is 17.2. The third kappa shape index (κ3) is 3.87. The van der Waals surface area contributed by atoms with Gasteiger partial charge in [0.1, 0.15) is 6.04 Å². The standard InChI is InChI=1S/C19H17N5O2/c1-2-26-18-10-14(8-9-21-18)19(25)23-17(11-20)15-12-22-24(13-15)16-6-4-3-5-7-16/h3-10,12-13,17H,2H2,1H3,(H,23,25)/t17-/m0/s1. The van der Waals surface area contributed by atoms with E-state index in [-0.39, 0.29) is 5.91 Å². The smallest absolute Gasteiger partial charge is 0.252 e. The Kier molecular flexibility index (Phi) is 5.25. The lowest BCUT2D eigenvalue weighted by atomic mass is 10.1. The molecule has 7 heteroatoms.